The van der Waals surface area contributed by atoms with E-state index in [1.54, 1.807) is 37.3 Å². The van der Waals surface area contributed by atoms with Crippen molar-refractivity contribution < 1.29 is 14.0 Å². The van der Waals surface area contributed by atoms with Crippen LogP contribution >= 0.6 is 35.4 Å². The normalized spacial score (nSPS) is 16.7. The smallest absolute Gasteiger partial charge is 0.270 e. The van der Waals surface area contributed by atoms with Crippen molar-refractivity contribution in [2.24, 2.45) is 0 Å². The fraction of sp³-hybridized carbons (Fsp3) is 0.0625. The minimum absolute atomic E-state index is 0.0676. The zero-order valence-electron chi connectivity index (χ0n) is 12.3. The summed E-state index contributed by atoms with van der Waals surface area (Å²) >= 11 is 17.3. The van der Waals surface area contributed by atoms with Gasteiger partial charge in [0, 0.05) is 0 Å². The van der Waals surface area contributed by atoms with Gasteiger partial charge in [-0.1, -0.05) is 29.3 Å². The van der Waals surface area contributed by atoms with Gasteiger partial charge in [0.1, 0.15) is 17.1 Å². The lowest BCUT2D eigenvalue weighted by atomic mass is 10.1. The quantitative estimate of drug-likeness (QED) is 0.489. The van der Waals surface area contributed by atoms with Gasteiger partial charge in [-0.25, -0.2) is 0 Å². The first-order chi connectivity index (χ1) is 11.4. The Morgan fingerprint density at radius 3 is 2.62 bits per heavy atom. The van der Waals surface area contributed by atoms with Crippen LogP contribution in [-0.2, 0) is 9.59 Å². The van der Waals surface area contributed by atoms with Crippen LogP contribution < -0.4 is 10.2 Å². The number of benzene rings is 1. The lowest BCUT2D eigenvalue weighted by molar-refractivity contribution is -0.122. The molecule has 5 nitrogen and oxygen atoms in total. The van der Waals surface area contributed by atoms with Crippen molar-refractivity contribution in [2.75, 3.05) is 4.90 Å². The number of amides is 2. The Kier molecular flexibility index (Phi) is 4.45. The van der Waals surface area contributed by atoms with E-state index in [1.165, 1.54) is 6.08 Å². The molecule has 0 radical (unpaired) electrons. The Morgan fingerprint density at radius 1 is 1.21 bits per heavy atom. The van der Waals surface area contributed by atoms with Crippen LogP contribution in [0.4, 0.5) is 5.69 Å². The van der Waals surface area contributed by atoms with Gasteiger partial charge in [-0.3, -0.25) is 19.8 Å². The van der Waals surface area contributed by atoms with Gasteiger partial charge in [0.15, 0.2) is 5.11 Å². The molecule has 2 aromatic rings. The number of hydrogen-bond donors (Lipinski definition) is 1. The fourth-order valence-corrected chi connectivity index (χ4v) is 2.87. The zero-order valence-corrected chi connectivity index (χ0v) is 14.6. The maximum absolute atomic E-state index is 12.8. The Balaban J connectivity index is 2.06. The first-order valence-electron chi connectivity index (χ1n) is 6.80. The minimum atomic E-state index is -0.609. The van der Waals surface area contributed by atoms with Gasteiger partial charge >= 0.3 is 0 Å². The molecule has 0 unspecified atom stereocenters. The predicted molar refractivity (Wildman–Crippen MR) is 96.1 cm³/mol. The van der Waals surface area contributed by atoms with Crippen molar-refractivity contribution in [1.82, 2.24) is 5.32 Å². The summed E-state index contributed by atoms with van der Waals surface area (Å²) in [6.07, 6.45) is 1.36. The number of nitrogens with zero attached hydrogens (tertiary/aromatic N) is 1. The molecule has 24 heavy (non-hydrogen) atoms. The first-order valence-corrected chi connectivity index (χ1v) is 7.97. The van der Waals surface area contributed by atoms with Gasteiger partial charge in [-0.05, 0) is 49.5 Å². The molecule has 2 amide bonds. The van der Waals surface area contributed by atoms with Gasteiger partial charge in [-0.2, -0.15) is 0 Å². The second-order valence-electron chi connectivity index (χ2n) is 4.98. The number of rotatable bonds is 2. The molecule has 122 valence electrons. The molecule has 1 aromatic carbocycles. The monoisotopic (exact) mass is 380 g/mol. The van der Waals surface area contributed by atoms with E-state index in [0.717, 1.165) is 4.90 Å². The summed E-state index contributed by atoms with van der Waals surface area (Å²) < 4.78 is 5.39. The Hall–Kier alpha value is -2.15. The van der Waals surface area contributed by atoms with Crippen LogP contribution in [0.1, 0.15) is 11.5 Å². The zero-order chi connectivity index (χ0) is 17.4. The average molecular weight is 381 g/mol. The van der Waals surface area contributed by atoms with Crippen molar-refractivity contribution in [3.63, 3.8) is 0 Å². The third-order valence-electron chi connectivity index (χ3n) is 3.32. The molecule has 1 saturated heterocycles. The van der Waals surface area contributed by atoms with Crippen LogP contribution in [0.2, 0.25) is 10.0 Å². The average Bonchev–Trinajstić information content (AvgIpc) is 2.93. The van der Waals surface area contributed by atoms with E-state index in [2.05, 4.69) is 5.32 Å². The molecular formula is C16H10Cl2N2O3S. The highest BCUT2D eigenvalue weighted by molar-refractivity contribution is 7.80. The summed E-state index contributed by atoms with van der Waals surface area (Å²) in [5, 5.41) is 2.84. The summed E-state index contributed by atoms with van der Waals surface area (Å²) in [4.78, 5) is 26.1. The number of aryl methyl sites for hydroxylation is 1. The van der Waals surface area contributed by atoms with Crippen molar-refractivity contribution in [1.29, 1.82) is 0 Å². The standard InChI is InChI=1S/C16H10Cl2N2O3S/c1-8-5-6-9(23-8)7-10-14(21)19-16(24)20(15(10)22)12-4-2-3-11(17)13(12)18/h2-7H,1H3,(H,19,21,24)/b10-7-. The molecule has 1 aliphatic heterocycles. The van der Waals surface area contributed by atoms with E-state index >= 15 is 0 Å². The van der Waals surface area contributed by atoms with E-state index in [0.29, 0.717) is 17.2 Å². The molecule has 1 aliphatic rings. The van der Waals surface area contributed by atoms with Gasteiger partial charge in [0.05, 0.1) is 15.7 Å². The molecule has 1 fully saturated rings. The topological polar surface area (TPSA) is 62.6 Å². The van der Waals surface area contributed by atoms with Crippen LogP contribution in [0.5, 0.6) is 0 Å². The van der Waals surface area contributed by atoms with Crippen molar-refractivity contribution in [3.05, 3.63) is 57.5 Å². The molecule has 0 atom stereocenters. The largest absolute Gasteiger partial charge is 0.462 e. The third kappa shape index (κ3) is 2.96. The number of carbonyl (C=O) groups excluding carboxylic acids is 2. The SMILES string of the molecule is Cc1ccc(/C=C2/C(=O)NC(=S)N(c3cccc(Cl)c3Cl)C2=O)o1. The van der Waals surface area contributed by atoms with Crippen LogP contribution in [0.15, 0.2) is 40.3 Å². The fourth-order valence-electron chi connectivity index (χ4n) is 2.21. The predicted octanol–water partition coefficient (Wildman–Crippen LogP) is 3.73. The summed E-state index contributed by atoms with van der Waals surface area (Å²) in [7, 11) is 0. The minimum Gasteiger partial charge on any atom is -0.462 e. The van der Waals surface area contributed by atoms with Crippen molar-refractivity contribution >= 4 is 64.1 Å². The maximum atomic E-state index is 12.8. The molecule has 0 aliphatic carbocycles. The van der Waals surface area contributed by atoms with E-state index < -0.39 is 11.8 Å². The third-order valence-corrected chi connectivity index (χ3v) is 4.42. The summed E-state index contributed by atoms with van der Waals surface area (Å²) in [5.41, 5.74) is 0.176. The highest BCUT2D eigenvalue weighted by atomic mass is 35.5. The van der Waals surface area contributed by atoms with Gasteiger partial charge in [-0.15, -0.1) is 0 Å². The highest BCUT2D eigenvalue weighted by Crippen LogP contribution is 2.34. The number of anilines is 1. The van der Waals surface area contributed by atoms with Gasteiger partial charge in [0.2, 0.25) is 0 Å². The summed E-state index contributed by atoms with van der Waals surface area (Å²) in [6, 6.07) is 8.20. The molecule has 2 heterocycles. The van der Waals surface area contributed by atoms with Gasteiger partial charge in [0.25, 0.3) is 11.8 Å². The number of halogens is 2. The Bertz CT molecular complexity index is 904. The van der Waals surface area contributed by atoms with Crippen LogP contribution in [0.25, 0.3) is 6.08 Å². The van der Waals surface area contributed by atoms with Crippen molar-refractivity contribution in [2.45, 2.75) is 6.92 Å². The maximum Gasteiger partial charge on any atom is 0.270 e. The van der Waals surface area contributed by atoms with E-state index in [1.807, 2.05) is 0 Å². The summed E-state index contributed by atoms with van der Waals surface area (Å²) in [6.45, 7) is 1.76. The molecule has 3 rings (SSSR count). The first kappa shape index (κ1) is 16.7. The number of nitrogens with one attached hydrogen (secondary N) is 1. The molecule has 1 aromatic heterocycles. The Morgan fingerprint density at radius 2 is 1.96 bits per heavy atom. The number of hydrogen-bond acceptors (Lipinski definition) is 4. The van der Waals surface area contributed by atoms with Crippen LogP contribution in [-0.4, -0.2) is 16.9 Å². The molecule has 8 heteroatoms. The molecule has 1 N–H and O–H groups in total. The lowest BCUT2D eigenvalue weighted by Crippen LogP contribution is -2.54. The van der Waals surface area contributed by atoms with E-state index in [-0.39, 0.29) is 20.7 Å². The second kappa shape index (κ2) is 6.39. The number of thiocarbonyl (C=S) groups is 1. The van der Waals surface area contributed by atoms with Crippen LogP contribution in [0.3, 0.4) is 0 Å². The molecular weight excluding hydrogens is 371 g/mol. The number of furan rings is 1. The van der Waals surface area contributed by atoms with E-state index in [4.69, 9.17) is 39.8 Å². The molecule has 0 saturated carbocycles. The molecule has 0 spiro atoms. The van der Waals surface area contributed by atoms with Crippen molar-refractivity contribution in [3.8, 4) is 0 Å². The van der Waals surface area contributed by atoms with Crippen LogP contribution in [0, 0.1) is 6.92 Å². The highest BCUT2D eigenvalue weighted by Gasteiger charge is 2.35. The lowest BCUT2D eigenvalue weighted by Gasteiger charge is -2.29. The molecule has 0 bridgehead atoms. The van der Waals surface area contributed by atoms with E-state index in [9.17, 15) is 9.59 Å². The summed E-state index contributed by atoms with van der Waals surface area (Å²) in [5.74, 6) is -0.165. The Labute approximate surface area is 152 Å². The second-order valence-corrected chi connectivity index (χ2v) is 6.15. The van der Waals surface area contributed by atoms with Gasteiger partial charge < -0.3 is 4.42 Å². The number of carbonyl (C=O) groups is 2.